The highest BCUT2D eigenvalue weighted by Crippen LogP contribution is 2.09. The number of aryl methyl sites for hydroxylation is 1. The minimum atomic E-state index is 0.337. The van der Waals surface area contributed by atoms with Crippen LogP contribution in [0.5, 0.6) is 0 Å². The molecule has 1 aliphatic rings. The maximum atomic E-state index is 11.9. The number of nitrogens with two attached hydrogens (primary N) is 1. The van der Waals surface area contributed by atoms with Gasteiger partial charge in [0, 0.05) is 25.6 Å². The van der Waals surface area contributed by atoms with E-state index in [9.17, 15) is 4.79 Å². The van der Waals surface area contributed by atoms with Crippen molar-refractivity contribution >= 4 is 5.78 Å². The summed E-state index contributed by atoms with van der Waals surface area (Å²) < 4.78 is 0. The Hall–Kier alpha value is -1.19. The molecule has 0 atom stereocenters. The Bertz CT molecular complexity index is 383. The number of rotatable bonds is 6. The highest BCUT2D eigenvalue weighted by atomic mass is 16.1. The number of carbonyl (C=O) groups is 1. The van der Waals surface area contributed by atoms with E-state index in [0.717, 1.165) is 38.8 Å². The van der Waals surface area contributed by atoms with Crippen molar-refractivity contribution in [2.24, 2.45) is 5.73 Å². The molecule has 1 heterocycles. The van der Waals surface area contributed by atoms with Crippen LogP contribution in [0.2, 0.25) is 0 Å². The van der Waals surface area contributed by atoms with Crippen molar-refractivity contribution in [2.75, 3.05) is 19.6 Å². The van der Waals surface area contributed by atoms with Gasteiger partial charge in [-0.3, -0.25) is 9.69 Å². The van der Waals surface area contributed by atoms with Gasteiger partial charge in [0.1, 0.15) is 5.78 Å². The van der Waals surface area contributed by atoms with Crippen molar-refractivity contribution < 1.29 is 4.79 Å². The van der Waals surface area contributed by atoms with Crippen LogP contribution in [0.3, 0.4) is 0 Å². The minimum Gasteiger partial charge on any atom is -0.328 e. The van der Waals surface area contributed by atoms with Gasteiger partial charge in [0.25, 0.3) is 0 Å². The van der Waals surface area contributed by atoms with Gasteiger partial charge in [-0.15, -0.1) is 0 Å². The molecule has 1 aromatic carbocycles. The Morgan fingerprint density at radius 2 is 1.89 bits per heavy atom. The number of benzene rings is 1. The van der Waals surface area contributed by atoms with Crippen molar-refractivity contribution in [3.8, 4) is 0 Å². The summed E-state index contributed by atoms with van der Waals surface area (Å²) in [4.78, 5) is 14.2. The van der Waals surface area contributed by atoms with Crippen molar-refractivity contribution in [1.82, 2.24) is 4.90 Å². The number of likely N-dealkylation sites (tertiary alicyclic amines) is 1. The van der Waals surface area contributed by atoms with E-state index in [2.05, 4.69) is 17.0 Å². The second-order valence-corrected chi connectivity index (χ2v) is 5.49. The van der Waals surface area contributed by atoms with Gasteiger partial charge in [-0.05, 0) is 31.2 Å². The summed E-state index contributed by atoms with van der Waals surface area (Å²) in [5.74, 6) is 0.367. The summed E-state index contributed by atoms with van der Waals surface area (Å²) in [6, 6.07) is 10.7. The molecule has 2 N–H and O–H groups in total. The molecule has 104 valence electrons. The second kappa shape index (κ2) is 7.41. The number of nitrogens with zero attached hydrogens (tertiary/aromatic N) is 1. The van der Waals surface area contributed by atoms with E-state index < -0.39 is 0 Å². The first-order valence-electron chi connectivity index (χ1n) is 7.27. The average molecular weight is 260 g/mol. The first kappa shape index (κ1) is 14.2. The standard InChI is InChI=1S/C16H24N2O/c17-15-9-11-18(12-10-15)13-16(19)8-4-7-14-5-2-1-3-6-14/h1-3,5-6,15H,4,7-13,17H2. The summed E-state index contributed by atoms with van der Waals surface area (Å²) in [6.07, 6.45) is 4.69. The maximum absolute atomic E-state index is 11.9. The van der Waals surface area contributed by atoms with Crippen LogP contribution in [0.25, 0.3) is 0 Å². The van der Waals surface area contributed by atoms with Crippen LogP contribution in [0, 0.1) is 0 Å². The fraction of sp³-hybridized carbons (Fsp3) is 0.562. The van der Waals surface area contributed by atoms with E-state index in [1.807, 2.05) is 18.2 Å². The monoisotopic (exact) mass is 260 g/mol. The second-order valence-electron chi connectivity index (χ2n) is 5.49. The number of Topliss-reactive ketones (excluding diaryl/α,β-unsaturated/α-hetero) is 1. The zero-order chi connectivity index (χ0) is 13.5. The van der Waals surface area contributed by atoms with Crippen LogP contribution in [0.4, 0.5) is 0 Å². The Morgan fingerprint density at radius 1 is 1.21 bits per heavy atom. The Morgan fingerprint density at radius 3 is 2.58 bits per heavy atom. The predicted octanol–water partition coefficient (Wildman–Crippen LogP) is 2.00. The number of carbonyl (C=O) groups excluding carboxylic acids is 1. The molecule has 1 fully saturated rings. The number of hydrogen-bond donors (Lipinski definition) is 1. The fourth-order valence-corrected chi connectivity index (χ4v) is 2.57. The molecule has 0 saturated carbocycles. The summed E-state index contributed by atoms with van der Waals surface area (Å²) in [7, 11) is 0. The fourth-order valence-electron chi connectivity index (χ4n) is 2.57. The van der Waals surface area contributed by atoms with E-state index in [-0.39, 0.29) is 0 Å². The summed E-state index contributed by atoms with van der Waals surface area (Å²) in [5.41, 5.74) is 7.18. The molecule has 0 aliphatic carbocycles. The molecule has 1 aliphatic heterocycles. The molecule has 1 aromatic rings. The van der Waals surface area contributed by atoms with Crippen molar-refractivity contribution in [2.45, 2.75) is 38.1 Å². The lowest BCUT2D eigenvalue weighted by atomic mass is 10.0. The molecule has 0 amide bonds. The summed E-state index contributed by atoms with van der Waals surface area (Å²) >= 11 is 0. The third-order valence-corrected chi connectivity index (χ3v) is 3.80. The van der Waals surface area contributed by atoms with Gasteiger partial charge in [-0.2, -0.15) is 0 Å². The van der Waals surface area contributed by atoms with Gasteiger partial charge in [-0.1, -0.05) is 30.3 Å². The molecule has 3 heteroatoms. The molecule has 2 rings (SSSR count). The highest BCUT2D eigenvalue weighted by Gasteiger charge is 2.17. The lowest BCUT2D eigenvalue weighted by Gasteiger charge is -2.29. The van der Waals surface area contributed by atoms with E-state index in [0.29, 0.717) is 24.8 Å². The Kier molecular flexibility index (Phi) is 5.55. The van der Waals surface area contributed by atoms with Gasteiger partial charge in [0.05, 0.1) is 6.54 Å². The Balaban J connectivity index is 1.62. The van der Waals surface area contributed by atoms with Crippen LogP contribution >= 0.6 is 0 Å². The molecule has 19 heavy (non-hydrogen) atoms. The molecule has 3 nitrogen and oxygen atoms in total. The Labute approximate surface area is 115 Å². The molecular formula is C16H24N2O. The zero-order valence-corrected chi connectivity index (χ0v) is 11.6. The molecule has 0 radical (unpaired) electrons. The summed E-state index contributed by atoms with van der Waals surface area (Å²) in [5, 5.41) is 0. The lowest BCUT2D eigenvalue weighted by Crippen LogP contribution is -2.41. The first-order chi connectivity index (χ1) is 9.24. The quantitative estimate of drug-likeness (QED) is 0.851. The van der Waals surface area contributed by atoms with E-state index >= 15 is 0 Å². The average Bonchev–Trinajstić information content (AvgIpc) is 2.43. The molecule has 1 saturated heterocycles. The topological polar surface area (TPSA) is 46.3 Å². The van der Waals surface area contributed by atoms with Crippen molar-refractivity contribution in [3.05, 3.63) is 35.9 Å². The molecule has 0 spiro atoms. The maximum Gasteiger partial charge on any atom is 0.146 e. The summed E-state index contributed by atoms with van der Waals surface area (Å²) in [6.45, 7) is 2.57. The minimum absolute atomic E-state index is 0.337. The van der Waals surface area contributed by atoms with E-state index in [1.165, 1.54) is 5.56 Å². The van der Waals surface area contributed by atoms with Gasteiger partial charge in [0.2, 0.25) is 0 Å². The van der Waals surface area contributed by atoms with Crippen LogP contribution < -0.4 is 5.73 Å². The van der Waals surface area contributed by atoms with Gasteiger partial charge in [0.15, 0.2) is 0 Å². The van der Waals surface area contributed by atoms with E-state index in [1.54, 1.807) is 0 Å². The number of ketones is 1. The van der Waals surface area contributed by atoms with Crippen molar-refractivity contribution in [3.63, 3.8) is 0 Å². The smallest absolute Gasteiger partial charge is 0.146 e. The van der Waals surface area contributed by atoms with E-state index in [4.69, 9.17) is 5.73 Å². The van der Waals surface area contributed by atoms with Crippen LogP contribution in [0.1, 0.15) is 31.2 Å². The SMILES string of the molecule is NC1CCN(CC(=O)CCCc2ccccc2)CC1. The van der Waals surface area contributed by atoms with Crippen molar-refractivity contribution in [1.29, 1.82) is 0 Å². The third-order valence-electron chi connectivity index (χ3n) is 3.80. The molecule has 0 aromatic heterocycles. The number of hydrogen-bond acceptors (Lipinski definition) is 3. The first-order valence-corrected chi connectivity index (χ1v) is 7.27. The normalized spacial score (nSPS) is 17.5. The predicted molar refractivity (Wildman–Crippen MR) is 78.0 cm³/mol. The molecule has 0 unspecified atom stereocenters. The molecule has 0 bridgehead atoms. The van der Waals surface area contributed by atoms with Gasteiger partial charge in [-0.25, -0.2) is 0 Å². The lowest BCUT2D eigenvalue weighted by molar-refractivity contribution is -0.120. The van der Waals surface area contributed by atoms with Gasteiger partial charge < -0.3 is 5.73 Å². The number of piperidine rings is 1. The van der Waals surface area contributed by atoms with Crippen LogP contribution in [-0.2, 0) is 11.2 Å². The largest absolute Gasteiger partial charge is 0.328 e. The highest BCUT2D eigenvalue weighted by molar-refractivity contribution is 5.80. The van der Waals surface area contributed by atoms with Crippen LogP contribution in [-0.4, -0.2) is 36.4 Å². The molecular weight excluding hydrogens is 236 g/mol. The third kappa shape index (κ3) is 5.13. The van der Waals surface area contributed by atoms with Gasteiger partial charge >= 0.3 is 0 Å². The van der Waals surface area contributed by atoms with Crippen LogP contribution in [0.15, 0.2) is 30.3 Å². The zero-order valence-electron chi connectivity index (χ0n) is 11.6.